The number of β-lactam (4-membered cyclic amide) rings is 1. The number of esters is 1. The normalized spacial score (nSPS) is 20.9. The van der Waals surface area contributed by atoms with Gasteiger partial charge in [-0.3, -0.25) is 19.3 Å². The molecule has 2 amide bonds. The van der Waals surface area contributed by atoms with E-state index in [0.29, 0.717) is 5.57 Å². The van der Waals surface area contributed by atoms with E-state index in [0.717, 1.165) is 10.5 Å². The lowest BCUT2D eigenvalue weighted by molar-refractivity contribution is -0.151. The van der Waals surface area contributed by atoms with E-state index in [-0.39, 0.29) is 24.7 Å². The Labute approximate surface area is 188 Å². The van der Waals surface area contributed by atoms with Gasteiger partial charge in [-0.2, -0.15) is 0 Å². The second kappa shape index (κ2) is 10.3. The van der Waals surface area contributed by atoms with Crippen molar-refractivity contribution >= 4 is 41.7 Å². The molecule has 1 saturated heterocycles. The molecule has 3 atom stereocenters. The van der Waals surface area contributed by atoms with E-state index >= 15 is 0 Å². The third-order valence-electron chi connectivity index (χ3n) is 4.85. The van der Waals surface area contributed by atoms with Gasteiger partial charge in [0.25, 0.3) is 5.91 Å². The van der Waals surface area contributed by atoms with E-state index in [1.807, 2.05) is 30.3 Å². The van der Waals surface area contributed by atoms with Crippen LogP contribution in [0, 0.1) is 5.92 Å². The first kappa shape index (κ1) is 23.3. The van der Waals surface area contributed by atoms with Gasteiger partial charge < -0.3 is 20.0 Å². The minimum Gasteiger partial charge on any atom is -0.477 e. The highest BCUT2D eigenvalue weighted by Crippen LogP contribution is 2.40. The number of carboxylic acid groups (broad SMARTS) is 1. The zero-order valence-electron chi connectivity index (χ0n) is 17.5. The number of nitrogens with one attached hydrogen (secondary N) is 1. The van der Waals surface area contributed by atoms with Crippen LogP contribution >= 0.6 is 11.8 Å². The van der Waals surface area contributed by atoms with Crippen LogP contribution in [0.4, 0.5) is 0 Å². The van der Waals surface area contributed by atoms with Crippen LogP contribution in [0.5, 0.6) is 0 Å². The van der Waals surface area contributed by atoms with Crippen molar-refractivity contribution in [2.45, 2.75) is 25.3 Å². The topological polar surface area (TPSA) is 135 Å². The Morgan fingerprint density at radius 3 is 2.72 bits per heavy atom. The lowest BCUT2D eigenvalue weighted by Crippen LogP contribution is -2.71. The Balaban J connectivity index is 1.55. The van der Waals surface area contributed by atoms with Crippen molar-refractivity contribution < 1.29 is 33.9 Å². The fraction of sp³-hybridized carbons (Fsp3) is 0.381. The van der Waals surface area contributed by atoms with Gasteiger partial charge in [0.15, 0.2) is 0 Å². The number of carboxylic acids is 1. The number of carbonyl (C=O) groups excluding carboxylic acids is 3. The first-order valence-electron chi connectivity index (χ1n) is 9.83. The summed E-state index contributed by atoms with van der Waals surface area (Å²) < 4.78 is 4.90. The smallest absolute Gasteiger partial charge is 0.352 e. The van der Waals surface area contributed by atoms with Crippen molar-refractivity contribution in [2.24, 2.45) is 11.1 Å². The molecule has 1 aromatic carbocycles. The van der Waals surface area contributed by atoms with E-state index < -0.39 is 41.1 Å². The molecule has 0 bridgehead atoms. The predicted molar refractivity (Wildman–Crippen MR) is 115 cm³/mol. The summed E-state index contributed by atoms with van der Waals surface area (Å²) in [7, 11) is 0. The molecule has 1 aromatic rings. The van der Waals surface area contributed by atoms with E-state index in [4.69, 9.17) is 9.57 Å². The summed E-state index contributed by atoms with van der Waals surface area (Å²) >= 11 is 1.30. The number of nitrogens with zero attached hydrogens (tertiary/aromatic N) is 2. The Morgan fingerprint density at radius 1 is 1.34 bits per heavy atom. The highest BCUT2D eigenvalue weighted by atomic mass is 32.2. The van der Waals surface area contributed by atoms with Gasteiger partial charge in [0.05, 0.1) is 12.1 Å². The molecule has 2 aliphatic heterocycles. The highest BCUT2D eigenvalue weighted by molar-refractivity contribution is 8.00. The molecule has 2 heterocycles. The lowest BCUT2D eigenvalue weighted by atomic mass is 10.0. The molecule has 170 valence electrons. The number of hydrogen-bond acceptors (Lipinski definition) is 8. The lowest BCUT2D eigenvalue weighted by Gasteiger charge is -2.49. The van der Waals surface area contributed by atoms with Gasteiger partial charge in [-0.15, -0.1) is 11.8 Å². The standard InChI is InChI=1S/C21H23N3O7S/c1-12(9-31-22-8-14-6-4-3-5-7-14)18(26)23-16-19(27)24-17(21(28)29)15(10-30-13(2)25)11-32-20(16)24/h3-8,12,16,20H,9-11H2,1-2H3,(H,23,26)(H,28,29)/b22-8+/t12-,16-,20-/m1/s1. The molecule has 0 aromatic heterocycles. The van der Waals surface area contributed by atoms with Crippen molar-refractivity contribution in [2.75, 3.05) is 19.0 Å². The fourth-order valence-electron chi connectivity index (χ4n) is 3.15. The first-order chi connectivity index (χ1) is 15.3. The second-order valence-electron chi connectivity index (χ2n) is 7.28. The summed E-state index contributed by atoms with van der Waals surface area (Å²) in [5.74, 6) is -3.06. The monoisotopic (exact) mass is 461 g/mol. The van der Waals surface area contributed by atoms with Gasteiger partial charge in [-0.1, -0.05) is 42.4 Å². The van der Waals surface area contributed by atoms with Crippen molar-refractivity contribution in [3.8, 4) is 0 Å². The quantitative estimate of drug-likeness (QED) is 0.240. The average Bonchev–Trinajstić information content (AvgIpc) is 2.78. The van der Waals surface area contributed by atoms with Crippen molar-refractivity contribution in [3.63, 3.8) is 0 Å². The van der Waals surface area contributed by atoms with Crippen LogP contribution in [-0.2, 0) is 28.8 Å². The van der Waals surface area contributed by atoms with E-state index in [1.165, 1.54) is 24.9 Å². The number of carbonyl (C=O) groups is 4. The Kier molecular flexibility index (Phi) is 7.52. The molecule has 2 aliphatic rings. The van der Waals surface area contributed by atoms with Gasteiger partial charge in [0, 0.05) is 18.2 Å². The van der Waals surface area contributed by atoms with E-state index in [1.54, 1.807) is 6.92 Å². The van der Waals surface area contributed by atoms with Crippen LogP contribution in [-0.4, -0.2) is 70.4 Å². The molecule has 11 heteroatoms. The SMILES string of the molecule is CC(=O)OCC1=C(C(=O)O)N2C(=O)[C@@H](NC(=O)[C@H](C)CO/N=C/c3ccccc3)[C@H]2SC1. The molecule has 32 heavy (non-hydrogen) atoms. The van der Waals surface area contributed by atoms with Crippen LogP contribution in [0.25, 0.3) is 0 Å². The molecule has 0 aliphatic carbocycles. The molecule has 0 unspecified atom stereocenters. The van der Waals surface area contributed by atoms with Gasteiger partial charge in [-0.05, 0) is 5.56 Å². The maximum atomic E-state index is 12.6. The summed E-state index contributed by atoms with van der Waals surface area (Å²) in [5.41, 5.74) is 0.997. The number of oxime groups is 1. The minimum absolute atomic E-state index is 0.0183. The van der Waals surface area contributed by atoms with Gasteiger partial charge in [-0.25, -0.2) is 4.79 Å². The zero-order chi connectivity index (χ0) is 23.3. The molecule has 0 radical (unpaired) electrons. The Hall–Kier alpha value is -3.34. The van der Waals surface area contributed by atoms with E-state index in [2.05, 4.69) is 10.5 Å². The maximum Gasteiger partial charge on any atom is 0.352 e. The van der Waals surface area contributed by atoms with Crippen molar-refractivity contribution in [1.82, 2.24) is 10.2 Å². The van der Waals surface area contributed by atoms with Crippen LogP contribution in [0.15, 0.2) is 46.8 Å². The summed E-state index contributed by atoms with van der Waals surface area (Å²) in [6, 6.07) is 8.49. The second-order valence-corrected chi connectivity index (χ2v) is 8.38. The summed E-state index contributed by atoms with van der Waals surface area (Å²) in [6.07, 6.45) is 1.53. The Morgan fingerprint density at radius 2 is 2.06 bits per heavy atom. The number of aliphatic carboxylic acids is 1. The summed E-state index contributed by atoms with van der Waals surface area (Å²) in [4.78, 5) is 54.2. The van der Waals surface area contributed by atoms with Crippen molar-refractivity contribution in [3.05, 3.63) is 47.2 Å². The molecule has 0 spiro atoms. The van der Waals surface area contributed by atoms with Crippen LogP contribution in [0.2, 0.25) is 0 Å². The number of thioether (sulfide) groups is 1. The number of amides is 2. The number of fused-ring (bicyclic) bond motifs is 1. The third kappa shape index (κ3) is 5.28. The van der Waals surface area contributed by atoms with Crippen molar-refractivity contribution in [1.29, 1.82) is 0 Å². The minimum atomic E-state index is -1.28. The van der Waals surface area contributed by atoms with Crippen LogP contribution < -0.4 is 5.32 Å². The fourth-order valence-corrected chi connectivity index (χ4v) is 4.47. The molecule has 10 nitrogen and oxygen atoms in total. The molecule has 3 rings (SSSR count). The van der Waals surface area contributed by atoms with Crippen LogP contribution in [0.1, 0.15) is 19.4 Å². The Bertz CT molecular complexity index is 963. The largest absolute Gasteiger partial charge is 0.477 e. The summed E-state index contributed by atoms with van der Waals surface area (Å²) in [6.45, 7) is 2.68. The van der Waals surface area contributed by atoms with Gasteiger partial charge in [0.1, 0.15) is 30.3 Å². The predicted octanol–water partition coefficient (Wildman–Crippen LogP) is 0.975. The molecule has 2 N–H and O–H groups in total. The van der Waals surface area contributed by atoms with Crippen LogP contribution in [0.3, 0.4) is 0 Å². The zero-order valence-corrected chi connectivity index (χ0v) is 18.3. The molecular weight excluding hydrogens is 438 g/mol. The van der Waals surface area contributed by atoms with Gasteiger partial charge in [0.2, 0.25) is 5.91 Å². The molecule has 1 fully saturated rings. The maximum absolute atomic E-state index is 12.6. The molecular formula is C21H23N3O7S. The van der Waals surface area contributed by atoms with Gasteiger partial charge >= 0.3 is 11.9 Å². The number of hydrogen-bond donors (Lipinski definition) is 2. The third-order valence-corrected chi connectivity index (χ3v) is 6.18. The highest BCUT2D eigenvalue weighted by Gasteiger charge is 2.54. The van der Waals surface area contributed by atoms with E-state index in [9.17, 15) is 24.3 Å². The first-order valence-corrected chi connectivity index (χ1v) is 10.9. The molecule has 0 saturated carbocycles. The number of rotatable bonds is 9. The average molecular weight is 461 g/mol. The number of benzene rings is 1. The number of ether oxygens (including phenoxy) is 1. The summed E-state index contributed by atoms with van der Waals surface area (Å²) in [5, 5.41) is 15.5.